The van der Waals surface area contributed by atoms with Crippen molar-refractivity contribution in [2.24, 2.45) is 4.99 Å². The molecule has 8 heteroatoms. The molecular formula is C23H23N7O. The van der Waals surface area contributed by atoms with E-state index in [4.69, 9.17) is 4.99 Å². The van der Waals surface area contributed by atoms with E-state index in [-0.39, 0.29) is 11.7 Å². The largest absolute Gasteiger partial charge is 0.343 e. The first-order valence-corrected chi connectivity index (χ1v) is 10.7. The van der Waals surface area contributed by atoms with Crippen LogP contribution >= 0.6 is 0 Å². The Hall–Kier alpha value is -3.81. The van der Waals surface area contributed by atoms with Crippen LogP contribution in [0.5, 0.6) is 0 Å². The highest BCUT2D eigenvalue weighted by atomic mass is 16.1. The van der Waals surface area contributed by atoms with Crippen LogP contribution in [0.2, 0.25) is 0 Å². The maximum Gasteiger partial charge on any atom is 0.326 e. The van der Waals surface area contributed by atoms with Gasteiger partial charge in [0, 0.05) is 24.7 Å². The van der Waals surface area contributed by atoms with Crippen molar-refractivity contribution >= 4 is 22.8 Å². The molecule has 2 aliphatic heterocycles. The Morgan fingerprint density at radius 1 is 0.968 bits per heavy atom. The molecule has 2 N–H and O–H groups in total. The second-order valence-corrected chi connectivity index (χ2v) is 8.07. The lowest BCUT2D eigenvalue weighted by molar-refractivity contribution is 0.265. The number of H-pyrrole nitrogens is 1. The normalized spacial score (nSPS) is 16.8. The predicted octanol–water partition coefficient (Wildman–Crippen LogP) is 3.13. The van der Waals surface area contributed by atoms with E-state index < -0.39 is 0 Å². The molecule has 0 unspecified atom stereocenters. The summed E-state index contributed by atoms with van der Waals surface area (Å²) in [6.45, 7) is 2.31. The number of aromatic amines is 1. The number of nitrogens with zero attached hydrogens (tertiary/aromatic N) is 5. The Morgan fingerprint density at radius 3 is 2.58 bits per heavy atom. The zero-order valence-corrected chi connectivity index (χ0v) is 17.0. The smallest absolute Gasteiger partial charge is 0.326 e. The van der Waals surface area contributed by atoms with Gasteiger partial charge in [-0.05, 0) is 37.1 Å². The van der Waals surface area contributed by atoms with Gasteiger partial charge in [-0.1, -0.05) is 30.3 Å². The van der Waals surface area contributed by atoms with E-state index in [2.05, 4.69) is 20.3 Å². The number of hydrogen-bond donors (Lipinski definition) is 2. The molecule has 0 spiro atoms. The fraction of sp³-hybridized carbons (Fsp3) is 0.261. The summed E-state index contributed by atoms with van der Waals surface area (Å²) in [5.74, 6) is 1.86. The summed E-state index contributed by atoms with van der Waals surface area (Å²) in [5, 5.41) is 8.06. The molecule has 0 aliphatic carbocycles. The van der Waals surface area contributed by atoms with Crippen LogP contribution in [-0.4, -0.2) is 43.3 Å². The molecule has 31 heavy (non-hydrogen) atoms. The molecule has 156 valence electrons. The molecule has 1 saturated heterocycles. The molecule has 4 aromatic rings. The fourth-order valence-corrected chi connectivity index (χ4v) is 4.65. The fourth-order valence-electron chi connectivity index (χ4n) is 4.65. The van der Waals surface area contributed by atoms with Gasteiger partial charge in [-0.3, -0.25) is 4.57 Å². The quantitative estimate of drug-likeness (QED) is 0.529. The molecule has 2 aliphatic rings. The first kappa shape index (κ1) is 18.0. The van der Waals surface area contributed by atoms with E-state index in [1.807, 2.05) is 70.0 Å². The summed E-state index contributed by atoms with van der Waals surface area (Å²) >= 11 is 0. The molecular weight excluding hydrogens is 390 g/mol. The van der Waals surface area contributed by atoms with Crippen LogP contribution in [0.3, 0.4) is 0 Å². The number of hydrogen-bond acceptors (Lipinski definition) is 5. The molecule has 0 bridgehead atoms. The van der Waals surface area contributed by atoms with Crippen LogP contribution in [0, 0.1) is 0 Å². The average molecular weight is 413 g/mol. The topological polar surface area (TPSA) is 83.2 Å². The maximum absolute atomic E-state index is 12.5. The predicted molar refractivity (Wildman–Crippen MR) is 121 cm³/mol. The van der Waals surface area contributed by atoms with Gasteiger partial charge < -0.3 is 15.2 Å². The van der Waals surface area contributed by atoms with Gasteiger partial charge in [0.1, 0.15) is 5.82 Å². The lowest BCUT2D eigenvalue weighted by Gasteiger charge is -2.35. The standard InChI is InChI=1S/C23H23N7O/c31-23-26-19-8-4-5-9-20(19)29(23)17-10-12-28(13-11-17)22-24-14-16-15-25-30(21(16)27-22)18-6-2-1-3-7-18/h1-9,15,17H,10-14H2,(H,24,27)(H,26,31). The van der Waals surface area contributed by atoms with Crippen LogP contribution in [-0.2, 0) is 6.54 Å². The SMILES string of the molecule is O=c1[nH]c2ccccc2n1C1CCN(C2=NCc3cnn(-c4ccccc4)c3N2)CC1. The molecule has 2 aromatic heterocycles. The van der Waals surface area contributed by atoms with Crippen molar-refractivity contribution in [2.75, 3.05) is 18.4 Å². The average Bonchev–Trinajstić information content (AvgIpc) is 3.39. The second-order valence-electron chi connectivity index (χ2n) is 8.07. The highest BCUT2D eigenvalue weighted by Crippen LogP contribution is 2.28. The van der Waals surface area contributed by atoms with Crippen LogP contribution in [0.4, 0.5) is 5.82 Å². The number of rotatable bonds is 2. The van der Waals surface area contributed by atoms with E-state index in [0.717, 1.165) is 60.0 Å². The third-order valence-electron chi connectivity index (χ3n) is 6.23. The molecule has 2 aromatic carbocycles. The Labute approximate surface area is 178 Å². The van der Waals surface area contributed by atoms with Crippen LogP contribution in [0.25, 0.3) is 16.7 Å². The van der Waals surface area contributed by atoms with E-state index in [0.29, 0.717) is 6.54 Å². The van der Waals surface area contributed by atoms with E-state index in [1.165, 1.54) is 0 Å². The number of likely N-dealkylation sites (tertiary alicyclic amines) is 1. The van der Waals surface area contributed by atoms with Gasteiger partial charge in [-0.2, -0.15) is 5.10 Å². The Bertz CT molecular complexity index is 1320. The van der Waals surface area contributed by atoms with Crippen LogP contribution in [0.15, 0.2) is 70.6 Å². The van der Waals surface area contributed by atoms with Crippen molar-refractivity contribution in [1.82, 2.24) is 24.2 Å². The Kier molecular flexibility index (Phi) is 4.15. The first-order chi connectivity index (χ1) is 15.3. The summed E-state index contributed by atoms with van der Waals surface area (Å²) in [6.07, 6.45) is 3.67. The van der Waals surface area contributed by atoms with E-state index in [9.17, 15) is 4.79 Å². The second kappa shape index (κ2) is 7.16. The maximum atomic E-state index is 12.5. The number of imidazole rings is 1. The molecule has 6 rings (SSSR count). The number of guanidine groups is 1. The summed E-state index contributed by atoms with van der Waals surface area (Å²) in [5.41, 5.74) is 3.97. The Morgan fingerprint density at radius 2 is 1.74 bits per heavy atom. The molecule has 0 saturated carbocycles. The summed E-state index contributed by atoms with van der Waals surface area (Å²) in [4.78, 5) is 22.6. The Balaban J connectivity index is 1.20. The molecule has 0 atom stereocenters. The summed E-state index contributed by atoms with van der Waals surface area (Å²) < 4.78 is 3.85. The number of fused-ring (bicyclic) bond motifs is 2. The van der Waals surface area contributed by atoms with E-state index >= 15 is 0 Å². The third-order valence-corrected chi connectivity index (χ3v) is 6.23. The lowest BCUT2D eigenvalue weighted by Crippen LogP contribution is -2.44. The first-order valence-electron chi connectivity index (χ1n) is 10.7. The van der Waals surface area contributed by atoms with Crippen LogP contribution in [0.1, 0.15) is 24.4 Å². The molecule has 4 heterocycles. The highest BCUT2D eigenvalue weighted by Gasteiger charge is 2.27. The van der Waals surface area contributed by atoms with Crippen molar-refractivity contribution < 1.29 is 0 Å². The van der Waals surface area contributed by atoms with Gasteiger partial charge in [-0.25, -0.2) is 14.5 Å². The number of piperidine rings is 1. The number of anilines is 1. The van der Waals surface area contributed by atoms with Gasteiger partial charge in [0.05, 0.1) is 29.5 Å². The molecule has 1 fully saturated rings. The minimum atomic E-state index is -0.0239. The van der Waals surface area contributed by atoms with Crippen molar-refractivity contribution in [1.29, 1.82) is 0 Å². The zero-order valence-electron chi connectivity index (χ0n) is 17.0. The minimum absolute atomic E-state index is 0.0239. The molecule has 0 radical (unpaired) electrons. The third kappa shape index (κ3) is 3.02. The monoisotopic (exact) mass is 413 g/mol. The number of aromatic nitrogens is 4. The summed E-state index contributed by atoms with van der Waals surface area (Å²) in [7, 11) is 0. The van der Waals surface area contributed by atoms with Crippen molar-refractivity contribution in [2.45, 2.75) is 25.4 Å². The van der Waals surface area contributed by atoms with Gasteiger partial charge >= 0.3 is 5.69 Å². The molecule has 8 nitrogen and oxygen atoms in total. The van der Waals surface area contributed by atoms with Crippen LogP contribution < -0.4 is 11.0 Å². The number of aliphatic imine (C=N–C) groups is 1. The summed E-state index contributed by atoms with van der Waals surface area (Å²) in [6, 6.07) is 18.2. The number of nitrogens with one attached hydrogen (secondary N) is 2. The number of benzene rings is 2. The van der Waals surface area contributed by atoms with E-state index in [1.54, 1.807) is 0 Å². The zero-order chi connectivity index (χ0) is 20.8. The van der Waals surface area contributed by atoms with Crippen molar-refractivity contribution in [3.8, 4) is 5.69 Å². The van der Waals surface area contributed by atoms with Gasteiger partial charge in [0.15, 0.2) is 5.96 Å². The van der Waals surface area contributed by atoms with Crippen molar-refractivity contribution in [3.63, 3.8) is 0 Å². The van der Waals surface area contributed by atoms with Gasteiger partial charge in [-0.15, -0.1) is 0 Å². The van der Waals surface area contributed by atoms with Crippen molar-refractivity contribution in [3.05, 3.63) is 76.8 Å². The van der Waals surface area contributed by atoms with Gasteiger partial charge in [0.25, 0.3) is 0 Å². The van der Waals surface area contributed by atoms with Gasteiger partial charge in [0.2, 0.25) is 0 Å². The minimum Gasteiger partial charge on any atom is -0.343 e. The number of para-hydroxylation sites is 3. The molecule has 0 amide bonds. The lowest BCUT2D eigenvalue weighted by atomic mass is 10.0. The highest BCUT2D eigenvalue weighted by molar-refractivity contribution is 5.95.